The summed E-state index contributed by atoms with van der Waals surface area (Å²) in [5.41, 5.74) is 0. The molecule has 0 bridgehead atoms. The lowest BCUT2D eigenvalue weighted by atomic mass is 10.4. The van der Waals surface area contributed by atoms with Gasteiger partial charge in [0.2, 0.25) is 0 Å². The van der Waals surface area contributed by atoms with Gasteiger partial charge < -0.3 is 0 Å². The van der Waals surface area contributed by atoms with Crippen molar-refractivity contribution >= 4 is 54.5 Å². The largest absolute Gasteiger partial charge is 0.0635 e. The number of halogens is 3. The first-order chi connectivity index (χ1) is 5.46. The van der Waals surface area contributed by atoms with Gasteiger partial charge in [-0.15, -0.1) is 0 Å². The van der Waals surface area contributed by atoms with Crippen LogP contribution in [0.15, 0.2) is 27.1 Å². The number of hydrogen-bond acceptors (Lipinski definition) is 0. The second kappa shape index (κ2) is 3.34. The molecule has 0 aromatic heterocycles. The van der Waals surface area contributed by atoms with Crippen molar-refractivity contribution in [2.45, 2.75) is 0 Å². The second-order valence-electron chi connectivity index (χ2n) is 1.32. The Morgan fingerprint density at radius 3 is 2.78 bits per heavy atom. The lowest BCUT2D eigenvalue weighted by molar-refractivity contribution is 1.54. The van der Waals surface area contributed by atoms with Crippen molar-refractivity contribution in [1.82, 2.24) is 0 Å². The number of benzene rings is 1. The van der Waals surface area contributed by atoms with Gasteiger partial charge in [-0.05, 0) is 66.5 Å². The van der Waals surface area contributed by atoms with E-state index in [2.05, 4.69) is 31.9 Å². The van der Waals surface area contributed by atoms with Crippen LogP contribution in [0.2, 0.25) is 0 Å². The molecule has 0 atom stereocenters. The van der Waals surface area contributed by atoms with Crippen LogP contribution in [0.4, 0.5) is 0 Å². The van der Waals surface area contributed by atoms with Gasteiger partial charge in [-0.2, -0.15) is 0 Å². The third-order valence-corrected chi connectivity index (χ3v) is 4.20. The van der Waals surface area contributed by atoms with Crippen LogP contribution >= 0.6 is 54.5 Å². The second-order valence-corrected chi connectivity index (χ2v) is 3.98. The summed E-state index contributed by atoms with van der Waals surface area (Å²) in [7, 11) is 0. The highest BCUT2D eigenvalue weighted by atomic mass is 127. The van der Waals surface area contributed by atoms with Crippen molar-refractivity contribution in [3.8, 4) is 0 Å². The van der Waals surface area contributed by atoms with Crippen molar-refractivity contribution in [3.05, 3.63) is 30.6 Å². The van der Waals surface area contributed by atoms with E-state index in [0.29, 0.717) is 12.5 Å². The molecule has 0 amide bonds. The maximum Gasteiger partial charge on any atom is 0.0635 e. The van der Waals surface area contributed by atoms with Crippen LogP contribution in [-0.4, -0.2) is 0 Å². The fourth-order valence-electron chi connectivity index (χ4n) is 0.347. The normalized spacial score (nSPS) is 14.3. The molecule has 1 aromatic carbocycles. The van der Waals surface area contributed by atoms with Gasteiger partial charge in [0.05, 0.1) is 4.11 Å². The Morgan fingerprint density at radius 2 is 2.11 bits per heavy atom. The molecule has 0 heterocycles. The molecule has 0 unspecified atom stereocenters. The smallest absolute Gasteiger partial charge is 0.0600 e. The van der Waals surface area contributed by atoms with E-state index in [1.165, 1.54) is 0 Å². The molecule has 0 spiro atoms. The summed E-state index contributed by atoms with van der Waals surface area (Å²) >= 11 is 8.38. The molecule has 1 rings (SSSR count). The van der Waals surface area contributed by atoms with Crippen molar-refractivity contribution < 1.29 is 4.11 Å². The van der Waals surface area contributed by atoms with Crippen LogP contribution in [0.5, 0.6) is 0 Å². The predicted octanol–water partition coefficient (Wildman–Crippen LogP) is 3.82. The highest BCUT2D eigenvalue weighted by Gasteiger charge is 1.97. The van der Waals surface area contributed by atoms with Crippen LogP contribution in [0, 0.1) is 3.57 Å². The predicted molar refractivity (Wildman–Crippen MR) is 54.6 cm³/mol. The molecular weight excluding hydrogens is 359 g/mol. The highest BCUT2D eigenvalue weighted by molar-refractivity contribution is 14.1. The van der Waals surface area contributed by atoms with E-state index in [1.807, 2.05) is 22.6 Å². The van der Waals surface area contributed by atoms with E-state index in [1.54, 1.807) is 0 Å². The minimum absolute atomic E-state index is 0.0468. The van der Waals surface area contributed by atoms with Gasteiger partial charge in [0.25, 0.3) is 0 Å². The quantitative estimate of drug-likeness (QED) is 0.485. The average Bonchev–Trinajstić information content (AvgIpc) is 2.08. The first kappa shape index (κ1) is 4.72. The zero-order valence-corrected chi connectivity index (χ0v) is 9.46. The third kappa shape index (κ3) is 1.91. The zero-order chi connectivity index (χ0) is 9.46. The van der Waals surface area contributed by atoms with Crippen LogP contribution in [0.1, 0.15) is 4.11 Å². The molecule has 0 radical (unpaired) electrons. The summed E-state index contributed by atoms with van der Waals surface area (Å²) in [5.74, 6) is 0. The summed E-state index contributed by atoms with van der Waals surface area (Å²) in [6.07, 6.45) is 0. The monoisotopic (exact) mass is 363 g/mol. The first-order valence-corrected chi connectivity index (χ1v) is 4.73. The fourth-order valence-corrected chi connectivity index (χ4v) is 1.62. The molecular formula is C6H3Br2I. The maximum atomic E-state index is 7.46. The van der Waals surface area contributed by atoms with E-state index in [-0.39, 0.29) is 18.1 Å². The Labute approximate surface area is 88.6 Å². The Bertz CT molecular complexity index is 235. The fraction of sp³-hybridized carbons (Fsp3) is 0. The number of hydrogen-bond donors (Lipinski definition) is 0. The van der Waals surface area contributed by atoms with Crippen LogP contribution in [0.3, 0.4) is 0 Å². The van der Waals surface area contributed by atoms with Gasteiger partial charge in [-0.3, -0.25) is 0 Å². The molecule has 0 N–H and O–H groups in total. The molecule has 48 valence electrons. The molecule has 0 fully saturated rings. The van der Waals surface area contributed by atoms with Gasteiger partial charge in [-0.1, -0.05) is 6.04 Å². The standard InChI is InChI=1S/C6H3Br2I/c7-4-2-1-3-5(9)6(4)8/h1-3H/i1D,2D,3D. The van der Waals surface area contributed by atoms with Crippen LogP contribution < -0.4 is 0 Å². The minimum atomic E-state index is -0.0468. The van der Waals surface area contributed by atoms with Crippen molar-refractivity contribution in [3.63, 3.8) is 0 Å². The topological polar surface area (TPSA) is 0 Å². The molecule has 9 heavy (non-hydrogen) atoms. The van der Waals surface area contributed by atoms with E-state index in [9.17, 15) is 0 Å². The average molecular weight is 365 g/mol. The Morgan fingerprint density at radius 1 is 1.44 bits per heavy atom. The van der Waals surface area contributed by atoms with Gasteiger partial charge in [0, 0.05) is 12.5 Å². The van der Waals surface area contributed by atoms with Gasteiger partial charge >= 0.3 is 0 Å². The Balaban J connectivity index is 3.60. The van der Waals surface area contributed by atoms with Crippen molar-refractivity contribution in [2.75, 3.05) is 0 Å². The Hall–Kier alpha value is 0.910. The number of rotatable bonds is 0. The van der Waals surface area contributed by atoms with Gasteiger partial charge in [0.1, 0.15) is 0 Å². The summed E-state index contributed by atoms with van der Waals surface area (Å²) < 4.78 is 24.1. The molecule has 0 aliphatic carbocycles. The van der Waals surface area contributed by atoms with Crippen molar-refractivity contribution in [2.24, 2.45) is 0 Å². The molecule has 1 aromatic rings. The zero-order valence-electron chi connectivity index (χ0n) is 7.13. The third-order valence-electron chi connectivity index (χ3n) is 0.730. The molecule has 0 nitrogen and oxygen atoms in total. The summed E-state index contributed by atoms with van der Waals surface area (Å²) in [5, 5.41) is 0. The van der Waals surface area contributed by atoms with Gasteiger partial charge in [-0.25, -0.2) is 0 Å². The maximum absolute atomic E-state index is 7.46. The van der Waals surface area contributed by atoms with Crippen LogP contribution in [0.25, 0.3) is 0 Å². The molecule has 0 saturated carbocycles. The molecule has 0 aliphatic rings. The molecule has 3 heteroatoms. The van der Waals surface area contributed by atoms with E-state index >= 15 is 0 Å². The SMILES string of the molecule is [2H]c1c([2H])c(Br)c(Br)c(I)c1[2H]. The van der Waals surface area contributed by atoms with Crippen LogP contribution in [-0.2, 0) is 0 Å². The van der Waals surface area contributed by atoms with E-state index < -0.39 is 0 Å². The summed E-state index contributed by atoms with van der Waals surface area (Å²) in [6.45, 7) is 0. The lowest BCUT2D eigenvalue weighted by Crippen LogP contribution is -1.73. The highest BCUT2D eigenvalue weighted by Crippen LogP contribution is 2.27. The van der Waals surface area contributed by atoms with Crippen molar-refractivity contribution in [1.29, 1.82) is 0 Å². The first-order valence-electron chi connectivity index (χ1n) is 3.57. The molecule has 0 aliphatic heterocycles. The Kier molecular flexibility index (Phi) is 1.75. The summed E-state index contributed by atoms with van der Waals surface area (Å²) in [6, 6.07) is 0.0949. The van der Waals surface area contributed by atoms with Gasteiger partial charge in [0.15, 0.2) is 0 Å². The van der Waals surface area contributed by atoms with E-state index in [4.69, 9.17) is 4.11 Å². The summed E-state index contributed by atoms with van der Waals surface area (Å²) in [4.78, 5) is 0. The molecule has 0 saturated heterocycles. The lowest BCUT2D eigenvalue weighted by Gasteiger charge is -1.95. The van der Waals surface area contributed by atoms with E-state index in [0.717, 1.165) is 0 Å². The minimum Gasteiger partial charge on any atom is -0.0600 e.